The summed E-state index contributed by atoms with van der Waals surface area (Å²) in [7, 11) is 0. The third-order valence-corrected chi connectivity index (χ3v) is 5.23. The Morgan fingerprint density at radius 3 is 2.87 bits per heavy atom. The Hall–Kier alpha value is -2.18. The van der Waals surface area contributed by atoms with Crippen LogP contribution in [0.3, 0.4) is 0 Å². The van der Waals surface area contributed by atoms with Crippen molar-refractivity contribution in [2.75, 3.05) is 0 Å². The van der Waals surface area contributed by atoms with E-state index in [0.717, 1.165) is 16.6 Å². The Morgan fingerprint density at radius 2 is 2.17 bits per heavy atom. The van der Waals surface area contributed by atoms with Crippen molar-refractivity contribution >= 4 is 28.7 Å². The number of nitrogens with zero attached hydrogens (tertiary/aromatic N) is 2. The number of rotatable bonds is 4. The first kappa shape index (κ1) is 14.4. The van der Waals surface area contributed by atoms with E-state index in [4.69, 9.17) is 16.6 Å². The number of thiocarbonyl (C=S) groups is 1. The first-order chi connectivity index (χ1) is 11.3. The van der Waals surface area contributed by atoms with Crippen molar-refractivity contribution in [3.63, 3.8) is 0 Å². The van der Waals surface area contributed by atoms with E-state index in [1.54, 1.807) is 17.6 Å². The molecule has 6 heteroatoms. The number of furan rings is 1. The maximum absolute atomic E-state index is 5.59. The van der Waals surface area contributed by atoms with Gasteiger partial charge in [0.25, 0.3) is 0 Å². The molecule has 116 valence electrons. The van der Waals surface area contributed by atoms with Crippen LogP contribution in [0.5, 0.6) is 0 Å². The Kier molecular flexibility index (Phi) is 3.85. The van der Waals surface area contributed by atoms with E-state index in [-0.39, 0.29) is 12.1 Å². The molecule has 0 aliphatic carbocycles. The summed E-state index contributed by atoms with van der Waals surface area (Å²) in [4.78, 5) is 7.96. The minimum Gasteiger partial charge on any atom is -0.467 e. The first-order valence-corrected chi connectivity index (χ1v) is 8.65. The van der Waals surface area contributed by atoms with Crippen LogP contribution in [0.15, 0.2) is 64.7 Å². The molecule has 1 aliphatic heterocycles. The van der Waals surface area contributed by atoms with Gasteiger partial charge in [-0.25, -0.2) is 0 Å². The molecule has 0 unspecified atom stereocenters. The van der Waals surface area contributed by atoms with Crippen LogP contribution in [0.2, 0.25) is 0 Å². The monoisotopic (exact) mass is 341 g/mol. The molecule has 2 atom stereocenters. The molecule has 23 heavy (non-hydrogen) atoms. The second kappa shape index (κ2) is 6.14. The lowest BCUT2D eigenvalue weighted by atomic mass is 10.0. The van der Waals surface area contributed by atoms with Crippen molar-refractivity contribution in [1.82, 2.24) is 15.2 Å². The Bertz CT molecular complexity index is 772. The van der Waals surface area contributed by atoms with E-state index in [0.29, 0.717) is 6.54 Å². The summed E-state index contributed by atoms with van der Waals surface area (Å²) in [5.74, 6) is 0.900. The summed E-state index contributed by atoms with van der Waals surface area (Å²) in [5.41, 5.74) is 0.996. The minimum absolute atomic E-state index is 0.0392. The number of aromatic nitrogens is 1. The van der Waals surface area contributed by atoms with Crippen LogP contribution in [0.4, 0.5) is 0 Å². The molecule has 0 aromatic carbocycles. The number of hydrogen-bond acceptors (Lipinski definition) is 4. The van der Waals surface area contributed by atoms with E-state index >= 15 is 0 Å². The lowest BCUT2D eigenvalue weighted by Gasteiger charge is -2.25. The third-order valence-electron chi connectivity index (χ3n) is 3.94. The van der Waals surface area contributed by atoms with Gasteiger partial charge in [-0.15, -0.1) is 11.3 Å². The molecule has 0 spiro atoms. The maximum atomic E-state index is 5.59. The normalized spacial score (nSPS) is 20.7. The van der Waals surface area contributed by atoms with Gasteiger partial charge < -0.3 is 14.6 Å². The predicted molar refractivity (Wildman–Crippen MR) is 94.0 cm³/mol. The summed E-state index contributed by atoms with van der Waals surface area (Å²) in [6.07, 6.45) is 3.51. The molecule has 4 nitrogen and oxygen atoms in total. The maximum Gasteiger partial charge on any atom is 0.170 e. The summed E-state index contributed by atoms with van der Waals surface area (Å²) >= 11 is 7.33. The van der Waals surface area contributed by atoms with Crippen molar-refractivity contribution in [3.8, 4) is 0 Å². The van der Waals surface area contributed by atoms with Crippen molar-refractivity contribution < 1.29 is 4.42 Å². The third kappa shape index (κ3) is 2.75. The van der Waals surface area contributed by atoms with Crippen LogP contribution in [-0.4, -0.2) is 15.0 Å². The Balaban J connectivity index is 1.71. The highest BCUT2D eigenvalue weighted by Crippen LogP contribution is 2.41. The average Bonchev–Trinajstić information content (AvgIpc) is 3.31. The molecule has 0 radical (unpaired) electrons. The van der Waals surface area contributed by atoms with Gasteiger partial charge in [-0.05, 0) is 47.9 Å². The second-order valence-corrected chi connectivity index (χ2v) is 6.72. The fourth-order valence-electron chi connectivity index (χ4n) is 2.91. The molecule has 0 bridgehead atoms. The van der Waals surface area contributed by atoms with Crippen molar-refractivity contribution in [2.45, 2.75) is 18.6 Å². The van der Waals surface area contributed by atoms with Crippen molar-refractivity contribution in [2.24, 2.45) is 0 Å². The molecular formula is C17H15N3OS2. The molecule has 1 N–H and O–H groups in total. The molecule has 0 saturated carbocycles. The van der Waals surface area contributed by atoms with E-state index in [1.165, 1.54) is 4.88 Å². The molecule has 1 saturated heterocycles. The molecule has 3 aromatic heterocycles. The van der Waals surface area contributed by atoms with Gasteiger partial charge in [-0.3, -0.25) is 4.98 Å². The molecular weight excluding hydrogens is 326 g/mol. The van der Waals surface area contributed by atoms with Crippen LogP contribution in [0.25, 0.3) is 0 Å². The number of thiophene rings is 1. The average molecular weight is 341 g/mol. The smallest absolute Gasteiger partial charge is 0.170 e. The Labute approximate surface area is 143 Å². The van der Waals surface area contributed by atoms with Gasteiger partial charge in [0.05, 0.1) is 30.6 Å². The van der Waals surface area contributed by atoms with Crippen LogP contribution >= 0.6 is 23.6 Å². The van der Waals surface area contributed by atoms with Crippen LogP contribution in [-0.2, 0) is 6.54 Å². The first-order valence-electron chi connectivity index (χ1n) is 7.37. The Morgan fingerprint density at radius 1 is 1.22 bits per heavy atom. The quantitative estimate of drug-likeness (QED) is 0.729. The lowest BCUT2D eigenvalue weighted by molar-refractivity contribution is 0.291. The van der Waals surface area contributed by atoms with E-state index < -0.39 is 0 Å². The molecule has 3 aromatic rings. The van der Waals surface area contributed by atoms with Gasteiger partial charge >= 0.3 is 0 Å². The number of nitrogens with one attached hydrogen (secondary N) is 1. The van der Waals surface area contributed by atoms with Gasteiger partial charge in [0.1, 0.15) is 5.76 Å². The zero-order valence-corrected chi connectivity index (χ0v) is 13.9. The fourth-order valence-corrected chi connectivity index (χ4v) is 4.09. The second-order valence-electron chi connectivity index (χ2n) is 5.35. The van der Waals surface area contributed by atoms with Crippen LogP contribution in [0, 0.1) is 0 Å². The van der Waals surface area contributed by atoms with Crippen LogP contribution in [0.1, 0.15) is 28.4 Å². The summed E-state index contributed by atoms with van der Waals surface area (Å²) in [6.45, 7) is 0.644. The predicted octanol–water partition coefficient (Wildman–Crippen LogP) is 3.91. The number of pyridine rings is 1. The van der Waals surface area contributed by atoms with Gasteiger partial charge in [0.2, 0.25) is 0 Å². The zero-order chi connectivity index (χ0) is 15.6. The van der Waals surface area contributed by atoms with Crippen LogP contribution < -0.4 is 5.32 Å². The molecule has 1 fully saturated rings. The van der Waals surface area contributed by atoms with E-state index in [1.807, 2.05) is 36.5 Å². The SMILES string of the molecule is S=C1N[C@H](c2ccccn2)[C@@H](c2cccs2)N1Cc1ccco1. The standard InChI is InChI=1S/C17H15N3OS2/c22-17-19-15(13-6-1-2-8-18-13)16(14-7-4-10-23-14)20(17)11-12-5-3-9-21-12/h1-10,15-16H,11H2,(H,19,22)/t15-,16-/m1/s1. The minimum atomic E-state index is 0.0392. The topological polar surface area (TPSA) is 41.3 Å². The van der Waals surface area contributed by atoms with Gasteiger partial charge in [0, 0.05) is 11.1 Å². The van der Waals surface area contributed by atoms with E-state index in [2.05, 4.69) is 32.7 Å². The largest absolute Gasteiger partial charge is 0.467 e. The molecule has 4 heterocycles. The molecule has 4 rings (SSSR count). The molecule has 0 amide bonds. The highest BCUT2D eigenvalue weighted by molar-refractivity contribution is 7.80. The lowest BCUT2D eigenvalue weighted by Crippen LogP contribution is -2.28. The van der Waals surface area contributed by atoms with Gasteiger partial charge in [-0.2, -0.15) is 0 Å². The summed E-state index contributed by atoms with van der Waals surface area (Å²) in [6, 6.07) is 14.2. The molecule has 1 aliphatic rings. The van der Waals surface area contributed by atoms with Crippen molar-refractivity contribution in [3.05, 3.63) is 76.6 Å². The summed E-state index contributed by atoms with van der Waals surface area (Å²) < 4.78 is 5.51. The highest BCUT2D eigenvalue weighted by Gasteiger charge is 2.40. The highest BCUT2D eigenvalue weighted by atomic mass is 32.1. The van der Waals surface area contributed by atoms with E-state index in [9.17, 15) is 0 Å². The van der Waals surface area contributed by atoms with Gasteiger partial charge in [-0.1, -0.05) is 12.1 Å². The van der Waals surface area contributed by atoms with Crippen molar-refractivity contribution in [1.29, 1.82) is 0 Å². The zero-order valence-electron chi connectivity index (χ0n) is 12.3. The summed E-state index contributed by atoms with van der Waals surface area (Å²) in [5, 5.41) is 6.26. The number of hydrogen-bond donors (Lipinski definition) is 1. The fraction of sp³-hybridized carbons (Fsp3) is 0.176. The van der Waals surface area contributed by atoms with Gasteiger partial charge in [0.15, 0.2) is 5.11 Å².